The van der Waals surface area contributed by atoms with Crippen molar-refractivity contribution in [2.24, 2.45) is 0 Å². The zero-order valence-corrected chi connectivity index (χ0v) is 15.2. The van der Waals surface area contributed by atoms with Crippen LogP contribution in [0.5, 0.6) is 0 Å². The molecule has 0 spiro atoms. The monoisotopic (exact) mass is 396 g/mol. The zero-order valence-electron chi connectivity index (χ0n) is 12.8. The van der Waals surface area contributed by atoms with Crippen LogP contribution in [0, 0.1) is 6.92 Å². The number of carbonyl (C=O) groups is 1. The van der Waals surface area contributed by atoms with E-state index in [4.69, 9.17) is 0 Å². The molecule has 2 N–H and O–H groups in total. The summed E-state index contributed by atoms with van der Waals surface area (Å²) in [5.74, 6) is -0.212. The number of anilines is 2. The molecule has 0 radical (unpaired) electrons. The maximum atomic E-state index is 12.0. The van der Waals surface area contributed by atoms with Crippen LogP contribution in [0.3, 0.4) is 0 Å². The molecule has 0 fully saturated rings. The summed E-state index contributed by atoms with van der Waals surface area (Å²) in [6.45, 7) is 1.98. The highest BCUT2D eigenvalue weighted by Gasteiger charge is 2.08. The van der Waals surface area contributed by atoms with Crippen LogP contribution in [0.25, 0.3) is 0 Å². The Morgan fingerprint density at radius 2 is 1.87 bits per heavy atom. The third kappa shape index (κ3) is 5.07. The Morgan fingerprint density at radius 1 is 1.13 bits per heavy atom. The minimum atomic E-state index is -3.27. The summed E-state index contributed by atoms with van der Waals surface area (Å²) in [6.07, 6.45) is 1.15. The van der Waals surface area contributed by atoms with E-state index in [0.29, 0.717) is 11.4 Å². The van der Waals surface area contributed by atoms with Gasteiger partial charge in [-0.3, -0.25) is 4.79 Å². The van der Waals surface area contributed by atoms with Gasteiger partial charge in [0.1, 0.15) is 0 Å². The first-order chi connectivity index (χ1) is 10.8. The van der Waals surface area contributed by atoms with Crippen molar-refractivity contribution in [3.05, 3.63) is 52.5 Å². The molecule has 0 saturated heterocycles. The number of hydrogen-bond acceptors (Lipinski definition) is 4. The van der Waals surface area contributed by atoms with Gasteiger partial charge in [0.25, 0.3) is 0 Å². The molecule has 2 rings (SSSR count). The van der Waals surface area contributed by atoms with E-state index in [1.54, 1.807) is 18.2 Å². The molecule has 0 heterocycles. The molecule has 23 heavy (non-hydrogen) atoms. The normalized spacial score (nSPS) is 11.1. The van der Waals surface area contributed by atoms with Crippen molar-refractivity contribution in [2.75, 3.05) is 23.4 Å². The third-order valence-corrected chi connectivity index (χ3v) is 5.16. The van der Waals surface area contributed by atoms with Crippen LogP contribution in [0.1, 0.15) is 5.56 Å². The fourth-order valence-electron chi connectivity index (χ4n) is 1.95. The second kappa shape index (κ2) is 7.14. The number of sulfone groups is 1. The van der Waals surface area contributed by atoms with Gasteiger partial charge in [0.05, 0.1) is 11.4 Å². The highest BCUT2D eigenvalue weighted by atomic mass is 79.9. The van der Waals surface area contributed by atoms with E-state index in [0.717, 1.165) is 16.3 Å². The van der Waals surface area contributed by atoms with Crippen LogP contribution < -0.4 is 10.6 Å². The van der Waals surface area contributed by atoms with E-state index in [2.05, 4.69) is 26.6 Å². The number of hydrogen-bond donors (Lipinski definition) is 2. The van der Waals surface area contributed by atoms with Gasteiger partial charge in [-0.2, -0.15) is 0 Å². The number of benzene rings is 2. The lowest BCUT2D eigenvalue weighted by molar-refractivity contribution is -0.114. The van der Waals surface area contributed by atoms with Crippen LogP contribution in [0.15, 0.2) is 51.8 Å². The summed E-state index contributed by atoms with van der Waals surface area (Å²) < 4.78 is 24.0. The highest BCUT2D eigenvalue weighted by Crippen LogP contribution is 2.20. The van der Waals surface area contributed by atoms with Gasteiger partial charge in [0.2, 0.25) is 5.91 Å². The molecule has 0 aliphatic rings. The van der Waals surface area contributed by atoms with Gasteiger partial charge < -0.3 is 10.6 Å². The molecule has 0 aliphatic carbocycles. The van der Waals surface area contributed by atoms with E-state index in [-0.39, 0.29) is 17.3 Å². The van der Waals surface area contributed by atoms with Gasteiger partial charge in [0, 0.05) is 22.1 Å². The number of halogens is 1. The Hall–Kier alpha value is -1.86. The lowest BCUT2D eigenvalue weighted by atomic mass is 10.2. The van der Waals surface area contributed by atoms with E-state index in [9.17, 15) is 13.2 Å². The Kier molecular flexibility index (Phi) is 5.43. The standard InChI is InChI=1S/C16H17BrN2O3S/c1-11-8-13(6-7-15(11)17)19-16(20)10-18-12-4-3-5-14(9-12)23(2,21)22/h3-9,18H,10H2,1-2H3,(H,19,20). The zero-order chi connectivity index (χ0) is 17.0. The molecule has 0 atom stereocenters. The molecule has 2 aromatic carbocycles. The molecule has 7 heteroatoms. The number of aryl methyl sites for hydroxylation is 1. The summed E-state index contributed by atoms with van der Waals surface area (Å²) >= 11 is 3.41. The van der Waals surface area contributed by atoms with Crippen LogP contribution in [0.4, 0.5) is 11.4 Å². The first-order valence-corrected chi connectivity index (χ1v) is 9.54. The van der Waals surface area contributed by atoms with Crippen molar-refractivity contribution in [3.8, 4) is 0 Å². The summed E-state index contributed by atoms with van der Waals surface area (Å²) in [4.78, 5) is 12.2. The number of nitrogens with one attached hydrogen (secondary N) is 2. The number of carbonyl (C=O) groups excluding carboxylic acids is 1. The van der Waals surface area contributed by atoms with Gasteiger partial charge in [-0.05, 0) is 48.9 Å². The minimum absolute atomic E-state index is 0.0440. The average molecular weight is 397 g/mol. The smallest absolute Gasteiger partial charge is 0.243 e. The van der Waals surface area contributed by atoms with Crippen molar-refractivity contribution in [1.82, 2.24) is 0 Å². The average Bonchev–Trinajstić information content (AvgIpc) is 2.48. The van der Waals surface area contributed by atoms with Gasteiger partial charge >= 0.3 is 0 Å². The Morgan fingerprint density at radius 3 is 2.52 bits per heavy atom. The van der Waals surface area contributed by atoms with E-state index < -0.39 is 9.84 Å². The molecule has 122 valence electrons. The maximum Gasteiger partial charge on any atom is 0.243 e. The summed E-state index contributed by atoms with van der Waals surface area (Å²) in [5, 5.41) is 5.70. The van der Waals surface area contributed by atoms with Gasteiger partial charge in [0.15, 0.2) is 9.84 Å². The predicted molar refractivity (Wildman–Crippen MR) is 95.6 cm³/mol. The molecule has 0 aliphatic heterocycles. The fraction of sp³-hybridized carbons (Fsp3) is 0.188. The fourth-order valence-corrected chi connectivity index (χ4v) is 2.86. The number of amides is 1. The molecule has 0 bridgehead atoms. The minimum Gasteiger partial charge on any atom is -0.376 e. The second-order valence-electron chi connectivity index (χ2n) is 5.17. The van der Waals surface area contributed by atoms with E-state index in [1.807, 2.05) is 19.1 Å². The molecule has 0 saturated carbocycles. The molecular weight excluding hydrogens is 380 g/mol. The van der Waals surface area contributed by atoms with Crippen molar-refractivity contribution in [1.29, 1.82) is 0 Å². The molecular formula is C16H17BrN2O3S. The number of rotatable bonds is 5. The topological polar surface area (TPSA) is 75.3 Å². The van der Waals surface area contributed by atoms with Crippen molar-refractivity contribution >= 4 is 43.0 Å². The molecule has 0 unspecified atom stereocenters. The second-order valence-corrected chi connectivity index (χ2v) is 8.04. The Bertz CT molecular complexity index is 835. The lowest BCUT2D eigenvalue weighted by Crippen LogP contribution is -2.21. The van der Waals surface area contributed by atoms with Gasteiger partial charge in [-0.1, -0.05) is 22.0 Å². The predicted octanol–water partition coefficient (Wildman–Crippen LogP) is 3.21. The summed E-state index contributed by atoms with van der Waals surface area (Å²) in [5.41, 5.74) is 2.31. The molecule has 0 aromatic heterocycles. The van der Waals surface area contributed by atoms with Crippen LogP contribution in [-0.2, 0) is 14.6 Å². The van der Waals surface area contributed by atoms with Crippen molar-refractivity contribution in [3.63, 3.8) is 0 Å². The molecule has 2 aromatic rings. The summed E-state index contributed by atoms with van der Waals surface area (Å²) in [7, 11) is -3.27. The first-order valence-electron chi connectivity index (χ1n) is 6.86. The quantitative estimate of drug-likeness (QED) is 0.813. The van der Waals surface area contributed by atoms with Gasteiger partial charge in [-0.25, -0.2) is 8.42 Å². The third-order valence-electron chi connectivity index (χ3n) is 3.16. The van der Waals surface area contributed by atoms with E-state index >= 15 is 0 Å². The van der Waals surface area contributed by atoms with E-state index in [1.165, 1.54) is 12.1 Å². The van der Waals surface area contributed by atoms with Crippen molar-refractivity contribution < 1.29 is 13.2 Å². The van der Waals surface area contributed by atoms with Crippen LogP contribution in [-0.4, -0.2) is 27.1 Å². The Labute approximate surface area is 144 Å². The van der Waals surface area contributed by atoms with Crippen molar-refractivity contribution in [2.45, 2.75) is 11.8 Å². The molecule has 1 amide bonds. The van der Waals surface area contributed by atoms with Crippen LogP contribution >= 0.6 is 15.9 Å². The molecule has 5 nitrogen and oxygen atoms in total. The first kappa shape index (κ1) is 17.5. The van der Waals surface area contributed by atoms with Gasteiger partial charge in [-0.15, -0.1) is 0 Å². The lowest BCUT2D eigenvalue weighted by Gasteiger charge is -2.09. The maximum absolute atomic E-state index is 12.0. The summed E-state index contributed by atoms with van der Waals surface area (Å²) in [6, 6.07) is 11.9. The van der Waals surface area contributed by atoms with Crippen LogP contribution in [0.2, 0.25) is 0 Å². The highest BCUT2D eigenvalue weighted by molar-refractivity contribution is 9.10. The SMILES string of the molecule is Cc1cc(NC(=O)CNc2cccc(S(C)(=O)=O)c2)ccc1Br. The Balaban J connectivity index is 1.98. The largest absolute Gasteiger partial charge is 0.376 e.